The van der Waals surface area contributed by atoms with Gasteiger partial charge in [0.05, 0.1) is 25.4 Å². The van der Waals surface area contributed by atoms with E-state index in [9.17, 15) is 19.8 Å². The van der Waals surface area contributed by atoms with Gasteiger partial charge in [-0.2, -0.15) is 0 Å². The minimum Gasteiger partial charge on any atom is -0.466 e. The van der Waals surface area contributed by atoms with Crippen molar-refractivity contribution in [1.29, 1.82) is 0 Å². The van der Waals surface area contributed by atoms with E-state index >= 15 is 0 Å². The van der Waals surface area contributed by atoms with Crippen LogP contribution >= 0.6 is 0 Å². The number of carbonyl (C=O) groups is 2. The summed E-state index contributed by atoms with van der Waals surface area (Å²) >= 11 is 0. The molecule has 6 nitrogen and oxygen atoms in total. The molecule has 0 spiro atoms. The third-order valence-corrected chi connectivity index (χ3v) is 15.5. The molecule has 0 saturated heterocycles. The number of esters is 1. The molecule has 2 unspecified atom stereocenters. The van der Waals surface area contributed by atoms with Gasteiger partial charge in [0.1, 0.15) is 0 Å². The monoisotopic (exact) mass is 1080 g/mol. The molecule has 0 aromatic carbocycles. The van der Waals surface area contributed by atoms with E-state index in [-0.39, 0.29) is 18.5 Å². The van der Waals surface area contributed by atoms with Crippen molar-refractivity contribution in [2.75, 3.05) is 13.2 Å². The number of carbonyl (C=O) groups excluding carboxylic acids is 2. The topological polar surface area (TPSA) is 95.9 Å². The van der Waals surface area contributed by atoms with Gasteiger partial charge in [0.15, 0.2) is 0 Å². The highest BCUT2D eigenvalue weighted by Crippen LogP contribution is 2.17. The van der Waals surface area contributed by atoms with Crippen LogP contribution in [0.2, 0.25) is 0 Å². The Hall–Kier alpha value is -2.44. The normalized spacial score (nSPS) is 12.9. The Labute approximate surface area is 479 Å². The summed E-state index contributed by atoms with van der Waals surface area (Å²) in [4.78, 5) is 24.6. The molecule has 450 valence electrons. The predicted octanol–water partition coefficient (Wildman–Crippen LogP) is 21.9. The molecule has 0 aliphatic heterocycles. The molecule has 0 heterocycles. The molecule has 0 aromatic rings. The molecule has 0 saturated carbocycles. The van der Waals surface area contributed by atoms with Gasteiger partial charge in [-0.1, -0.05) is 306 Å². The molecule has 3 N–H and O–H groups in total. The van der Waals surface area contributed by atoms with Crippen LogP contribution in [0.15, 0.2) is 60.8 Å². The summed E-state index contributed by atoms with van der Waals surface area (Å²) in [5.74, 6) is -0.0744. The average molecular weight is 1080 g/mol. The molecule has 0 aromatic heterocycles. The SMILES string of the molecule is CCCCC/C=C\C/C=C\CCCCCCCCCCCC(=O)OCCCCCCCCCCC/C=C\C/C=C\CCCCCCCCCC(=O)NC(CO)C(O)/C=C/CCCCCCCCCCCCCCCCCC. The van der Waals surface area contributed by atoms with Crippen LogP contribution in [0.4, 0.5) is 0 Å². The van der Waals surface area contributed by atoms with Gasteiger partial charge in [-0.3, -0.25) is 9.59 Å². The summed E-state index contributed by atoms with van der Waals surface area (Å²) in [5, 5.41) is 23.2. The van der Waals surface area contributed by atoms with Crippen LogP contribution < -0.4 is 5.32 Å². The smallest absolute Gasteiger partial charge is 0.305 e. The van der Waals surface area contributed by atoms with Crippen molar-refractivity contribution in [3.8, 4) is 0 Å². The van der Waals surface area contributed by atoms with Crippen LogP contribution in [0.1, 0.15) is 354 Å². The maximum absolute atomic E-state index is 12.5. The van der Waals surface area contributed by atoms with E-state index in [1.165, 1.54) is 257 Å². The molecule has 2 atom stereocenters. The Bertz CT molecular complexity index is 1340. The highest BCUT2D eigenvalue weighted by molar-refractivity contribution is 5.76. The van der Waals surface area contributed by atoms with Crippen LogP contribution in [0, 0.1) is 0 Å². The van der Waals surface area contributed by atoms with Crippen LogP contribution in [0.5, 0.6) is 0 Å². The number of nitrogens with one attached hydrogen (secondary N) is 1. The number of unbranched alkanes of at least 4 members (excludes halogenated alkanes) is 44. The highest BCUT2D eigenvalue weighted by Gasteiger charge is 2.18. The minimum atomic E-state index is -0.853. The van der Waals surface area contributed by atoms with Crippen LogP contribution in [0.25, 0.3) is 0 Å². The molecule has 0 aliphatic carbocycles. The van der Waals surface area contributed by atoms with E-state index in [0.29, 0.717) is 19.4 Å². The molecule has 6 heteroatoms. The molecule has 0 bridgehead atoms. The zero-order valence-electron chi connectivity index (χ0n) is 51.4. The summed E-state index contributed by atoms with van der Waals surface area (Å²) < 4.78 is 5.50. The van der Waals surface area contributed by atoms with E-state index in [1.807, 2.05) is 6.08 Å². The first kappa shape index (κ1) is 74.6. The molecule has 0 radical (unpaired) electrons. The van der Waals surface area contributed by atoms with Gasteiger partial charge in [-0.25, -0.2) is 0 Å². The fourth-order valence-electron chi connectivity index (χ4n) is 10.3. The number of hydrogen-bond donors (Lipinski definition) is 3. The Morgan fingerprint density at radius 3 is 1.01 bits per heavy atom. The van der Waals surface area contributed by atoms with Crippen molar-refractivity contribution in [1.82, 2.24) is 5.32 Å². The number of rotatable bonds is 63. The van der Waals surface area contributed by atoms with Crippen molar-refractivity contribution in [3.63, 3.8) is 0 Å². The second kappa shape index (κ2) is 66.1. The lowest BCUT2D eigenvalue weighted by Gasteiger charge is -2.20. The number of ether oxygens (including phenoxy) is 1. The number of aliphatic hydroxyl groups is 2. The lowest BCUT2D eigenvalue weighted by atomic mass is 10.0. The second-order valence-electron chi connectivity index (χ2n) is 23.1. The molecule has 77 heavy (non-hydrogen) atoms. The van der Waals surface area contributed by atoms with E-state index in [1.54, 1.807) is 6.08 Å². The van der Waals surface area contributed by atoms with Gasteiger partial charge in [-0.05, 0) is 96.3 Å². The van der Waals surface area contributed by atoms with Gasteiger partial charge in [0.25, 0.3) is 0 Å². The first-order valence-corrected chi connectivity index (χ1v) is 34.1. The Balaban J connectivity index is 3.47. The van der Waals surface area contributed by atoms with Gasteiger partial charge < -0.3 is 20.3 Å². The Morgan fingerprint density at radius 2 is 0.649 bits per heavy atom. The van der Waals surface area contributed by atoms with Crippen molar-refractivity contribution >= 4 is 11.9 Å². The fraction of sp³-hybridized carbons (Fsp3) is 0.831. The van der Waals surface area contributed by atoms with Gasteiger partial charge in [0.2, 0.25) is 5.91 Å². The summed E-state index contributed by atoms with van der Waals surface area (Å²) in [6.45, 7) is 4.89. The number of aliphatic hydroxyl groups excluding tert-OH is 2. The van der Waals surface area contributed by atoms with Gasteiger partial charge in [0, 0.05) is 12.8 Å². The molecule has 1 amide bonds. The van der Waals surface area contributed by atoms with Gasteiger partial charge in [-0.15, -0.1) is 0 Å². The standard InChI is InChI=1S/C71H131NO5/c1-3-5-7-9-11-13-15-17-19-21-28-33-37-41-45-49-53-57-61-65-71(76)77-66-62-58-54-50-46-42-38-34-30-27-25-23-24-26-29-32-36-40-44-48-52-56-60-64-70(75)72-68(67-73)69(74)63-59-55-51-47-43-39-35-31-22-20-18-16-14-12-10-8-6-4-2/h11,13,17,19,23,25-26,29,59,63,68-69,73-74H,3-10,12,14-16,18,20-22,24,27-28,30-58,60-62,64-67H2,1-2H3,(H,72,75)/b13-11-,19-17-,25-23-,29-26-,63-59+. The summed E-state index contributed by atoms with van der Waals surface area (Å²) in [5.41, 5.74) is 0. The average Bonchev–Trinajstić information content (AvgIpc) is 3.43. The van der Waals surface area contributed by atoms with Crippen molar-refractivity contribution in [3.05, 3.63) is 60.8 Å². The predicted molar refractivity (Wildman–Crippen MR) is 338 cm³/mol. The maximum atomic E-state index is 12.5. The van der Waals surface area contributed by atoms with Crippen LogP contribution in [0.3, 0.4) is 0 Å². The van der Waals surface area contributed by atoms with Crippen LogP contribution in [-0.2, 0) is 14.3 Å². The number of amides is 1. The largest absolute Gasteiger partial charge is 0.466 e. The molecular formula is C71H131NO5. The van der Waals surface area contributed by atoms with Crippen molar-refractivity contribution < 1.29 is 24.5 Å². The van der Waals surface area contributed by atoms with E-state index < -0.39 is 12.1 Å². The lowest BCUT2D eigenvalue weighted by molar-refractivity contribution is -0.143. The summed E-state index contributed by atoms with van der Waals surface area (Å²) in [6, 6.07) is -0.637. The zero-order valence-corrected chi connectivity index (χ0v) is 51.4. The summed E-state index contributed by atoms with van der Waals surface area (Å²) in [7, 11) is 0. The Kier molecular flexibility index (Phi) is 64.0. The fourth-order valence-corrected chi connectivity index (χ4v) is 10.3. The first-order chi connectivity index (χ1) is 38.0. The van der Waals surface area contributed by atoms with E-state index in [2.05, 4.69) is 67.8 Å². The highest BCUT2D eigenvalue weighted by atomic mass is 16.5. The lowest BCUT2D eigenvalue weighted by Crippen LogP contribution is -2.45. The van der Waals surface area contributed by atoms with Crippen molar-refractivity contribution in [2.45, 2.75) is 366 Å². The van der Waals surface area contributed by atoms with E-state index in [4.69, 9.17) is 4.74 Å². The third-order valence-electron chi connectivity index (χ3n) is 15.5. The Morgan fingerprint density at radius 1 is 0.364 bits per heavy atom. The molecule has 0 aliphatic rings. The third kappa shape index (κ3) is 62.6. The quantitative estimate of drug-likeness (QED) is 0.0320. The summed E-state index contributed by atoms with van der Waals surface area (Å²) in [6.07, 6.45) is 87.0. The number of hydrogen-bond acceptors (Lipinski definition) is 5. The second-order valence-corrected chi connectivity index (χ2v) is 23.1. The van der Waals surface area contributed by atoms with Gasteiger partial charge >= 0.3 is 5.97 Å². The molecule has 0 rings (SSSR count). The molecule has 0 fully saturated rings. The first-order valence-electron chi connectivity index (χ1n) is 34.1. The maximum Gasteiger partial charge on any atom is 0.305 e. The molecular weight excluding hydrogens is 947 g/mol. The number of allylic oxidation sites excluding steroid dienone is 9. The minimum absolute atomic E-state index is 0.00258. The van der Waals surface area contributed by atoms with E-state index in [0.717, 1.165) is 70.6 Å². The van der Waals surface area contributed by atoms with Crippen LogP contribution in [-0.4, -0.2) is 47.4 Å². The van der Waals surface area contributed by atoms with Crippen molar-refractivity contribution in [2.24, 2.45) is 0 Å². The zero-order chi connectivity index (χ0) is 55.7.